The predicted molar refractivity (Wildman–Crippen MR) is 78.1 cm³/mol. The van der Waals surface area contributed by atoms with Gasteiger partial charge in [0.05, 0.1) is 16.6 Å². The number of carbonyl (C=O) groups excluding carboxylic acids is 1. The van der Waals surface area contributed by atoms with E-state index in [0.717, 1.165) is 0 Å². The van der Waals surface area contributed by atoms with Crippen molar-refractivity contribution in [1.29, 1.82) is 0 Å². The fraction of sp³-hybridized carbons (Fsp3) is 0.143. The van der Waals surface area contributed by atoms with Crippen molar-refractivity contribution in [3.63, 3.8) is 0 Å². The molecule has 104 valence electrons. The highest BCUT2D eigenvalue weighted by Gasteiger charge is 2.09. The van der Waals surface area contributed by atoms with Crippen LogP contribution in [0, 0.1) is 5.82 Å². The number of anilines is 1. The Morgan fingerprint density at radius 1 is 1.40 bits per heavy atom. The van der Waals surface area contributed by atoms with Crippen LogP contribution in [0.5, 0.6) is 0 Å². The topological polar surface area (TPSA) is 51.1 Å². The summed E-state index contributed by atoms with van der Waals surface area (Å²) in [6.07, 6.45) is 1.44. The van der Waals surface area contributed by atoms with E-state index in [1.165, 1.54) is 22.9 Å². The minimum Gasteiger partial charge on any atom is -0.324 e. The monoisotopic (exact) mass is 338 g/mol. The van der Waals surface area contributed by atoms with Crippen LogP contribution in [0.2, 0.25) is 0 Å². The number of nitrogens with zero attached hydrogens (tertiary/aromatic N) is 1. The summed E-state index contributed by atoms with van der Waals surface area (Å²) < 4.78 is 15.1. The van der Waals surface area contributed by atoms with Crippen LogP contribution in [-0.2, 0) is 18.3 Å². The molecule has 2 rings (SSSR count). The fourth-order valence-electron chi connectivity index (χ4n) is 1.76. The highest BCUT2D eigenvalue weighted by atomic mass is 79.9. The Kier molecular flexibility index (Phi) is 4.34. The molecule has 1 heterocycles. The molecule has 0 saturated heterocycles. The molecule has 0 aliphatic heterocycles. The van der Waals surface area contributed by atoms with E-state index in [-0.39, 0.29) is 17.9 Å². The maximum Gasteiger partial charge on any atom is 0.264 e. The summed E-state index contributed by atoms with van der Waals surface area (Å²) in [4.78, 5) is 23.4. The maximum atomic E-state index is 13.4. The quantitative estimate of drug-likeness (QED) is 0.934. The summed E-state index contributed by atoms with van der Waals surface area (Å²) in [6.45, 7) is 0. The summed E-state index contributed by atoms with van der Waals surface area (Å²) in [5.74, 6) is -0.759. The first-order chi connectivity index (χ1) is 9.47. The molecule has 0 saturated carbocycles. The number of pyridine rings is 1. The van der Waals surface area contributed by atoms with E-state index in [2.05, 4.69) is 21.2 Å². The third kappa shape index (κ3) is 3.33. The average Bonchev–Trinajstić information content (AvgIpc) is 2.38. The molecule has 20 heavy (non-hydrogen) atoms. The van der Waals surface area contributed by atoms with Gasteiger partial charge in [0.15, 0.2) is 0 Å². The van der Waals surface area contributed by atoms with E-state index in [0.29, 0.717) is 15.7 Å². The highest BCUT2D eigenvalue weighted by Crippen LogP contribution is 2.13. The second-order valence-electron chi connectivity index (χ2n) is 4.31. The number of rotatable bonds is 3. The van der Waals surface area contributed by atoms with Crippen LogP contribution in [0.3, 0.4) is 0 Å². The lowest BCUT2D eigenvalue weighted by Crippen LogP contribution is -2.20. The Bertz CT molecular complexity index is 686. The van der Waals surface area contributed by atoms with Crippen molar-refractivity contribution in [1.82, 2.24) is 4.57 Å². The lowest BCUT2D eigenvalue weighted by atomic mass is 10.1. The van der Waals surface area contributed by atoms with Gasteiger partial charge in [-0.3, -0.25) is 9.59 Å². The molecular weight excluding hydrogens is 327 g/mol. The van der Waals surface area contributed by atoms with Gasteiger partial charge in [0.1, 0.15) is 5.82 Å². The average molecular weight is 339 g/mol. The molecule has 0 unspecified atom stereocenters. The second kappa shape index (κ2) is 6.00. The number of hydrogen-bond acceptors (Lipinski definition) is 2. The molecule has 0 fully saturated rings. The van der Waals surface area contributed by atoms with Gasteiger partial charge in [-0.05, 0) is 33.6 Å². The molecule has 1 aromatic heterocycles. The second-order valence-corrected chi connectivity index (χ2v) is 5.16. The predicted octanol–water partition coefficient (Wildman–Crippen LogP) is 2.47. The number of halogens is 2. The van der Waals surface area contributed by atoms with Crippen molar-refractivity contribution in [3.8, 4) is 0 Å². The van der Waals surface area contributed by atoms with E-state index < -0.39 is 5.82 Å². The summed E-state index contributed by atoms with van der Waals surface area (Å²) in [7, 11) is 1.58. The number of carbonyl (C=O) groups is 1. The van der Waals surface area contributed by atoms with Crippen LogP contribution >= 0.6 is 15.9 Å². The van der Waals surface area contributed by atoms with E-state index in [1.807, 2.05) is 0 Å². The zero-order chi connectivity index (χ0) is 14.7. The fourth-order valence-corrected chi connectivity index (χ4v) is 2.29. The number of hydrogen-bond donors (Lipinski definition) is 1. The summed E-state index contributed by atoms with van der Waals surface area (Å²) >= 11 is 3.12. The molecule has 4 nitrogen and oxygen atoms in total. The third-order valence-corrected chi connectivity index (χ3v) is 3.30. The molecule has 0 atom stereocenters. The highest BCUT2D eigenvalue weighted by molar-refractivity contribution is 9.10. The zero-order valence-corrected chi connectivity index (χ0v) is 12.3. The van der Waals surface area contributed by atoms with Gasteiger partial charge in [-0.2, -0.15) is 0 Å². The Labute approximate surface area is 123 Å². The van der Waals surface area contributed by atoms with Gasteiger partial charge in [-0.15, -0.1) is 0 Å². The maximum absolute atomic E-state index is 13.4. The Hall–Kier alpha value is -1.95. The first-order valence-electron chi connectivity index (χ1n) is 5.87. The van der Waals surface area contributed by atoms with Gasteiger partial charge in [-0.25, -0.2) is 4.39 Å². The van der Waals surface area contributed by atoms with Crippen LogP contribution in [-0.4, -0.2) is 10.5 Å². The molecule has 1 amide bonds. The number of aromatic nitrogens is 1. The van der Waals surface area contributed by atoms with Crippen LogP contribution < -0.4 is 10.9 Å². The molecule has 0 aliphatic rings. The number of benzene rings is 1. The molecule has 1 aromatic carbocycles. The summed E-state index contributed by atoms with van der Waals surface area (Å²) in [6, 6.07) is 7.63. The van der Waals surface area contributed by atoms with Crippen LogP contribution in [0.25, 0.3) is 0 Å². The number of amides is 1. The largest absolute Gasteiger partial charge is 0.324 e. The molecule has 0 aliphatic carbocycles. The van der Waals surface area contributed by atoms with Gasteiger partial charge in [0, 0.05) is 13.2 Å². The molecule has 2 aromatic rings. The van der Waals surface area contributed by atoms with Crippen molar-refractivity contribution in [2.75, 3.05) is 5.32 Å². The molecule has 1 N–H and O–H groups in total. The molecule has 0 radical (unpaired) electrons. The van der Waals surface area contributed by atoms with Gasteiger partial charge >= 0.3 is 0 Å². The molecule has 6 heteroatoms. The summed E-state index contributed by atoms with van der Waals surface area (Å²) in [5, 5.41) is 2.63. The number of nitrogens with one attached hydrogen (secondary N) is 1. The minimum absolute atomic E-state index is 0.0624. The SMILES string of the molecule is Cn1cc(NC(=O)Cc2ccccc2F)cc(Br)c1=O. The smallest absolute Gasteiger partial charge is 0.264 e. The molecule has 0 spiro atoms. The first kappa shape index (κ1) is 14.5. The Balaban J connectivity index is 2.13. The van der Waals surface area contributed by atoms with Crippen LogP contribution in [0.1, 0.15) is 5.56 Å². The van der Waals surface area contributed by atoms with Crippen LogP contribution in [0.4, 0.5) is 10.1 Å². The normalized spacial score (nSPS) is 10.3. The number of aryl methyl sites for hydroxylation is 1. The van der Waals surface area contributed by atoms with Crippen molar-refractivity contribution in [2.45, 2.75) is 6.42 Å². The molecular formula is C14H12BrFN2O2. The minimum atomic E-state index is -0.413. The standard InChI is InChI=1S/C14H12BrFN2O2/c1-18-8-10(7-11(15)14(18)20)17-13(19)6-9-4-2-3-5-12(9)16/h2-5,7-8H,6H2,1H3,(H,17,19). The Morgan fingerprint density at radius 3 is 2.75 bits per heavy atom. The van der Waals surface area contributed by atoms with Gasteiger partial charge in [0.25, 0.3) is 5.56 Å². The van der Waals surface area contributed by atoms with Crippen LogP contribution in [0.15, 0.2) is 45.8 Å². The Morgan fingerprint density at radius 2 is 2.10 bits per heavy atom. The van der Waals surface area contributed by atoms with E-state index >= 15 is 0 Å². The lowest BCUT2D eigenvalue weighted by molar-refractivity contribution is -0.115. The van der Waals surface area contributed by atoms with Gasteiger partial charge in [-0.1, -0.05) is 18.2 Å². The summed E-state index contributed by atoms with van der Waals surface area (Å²) in [5.41, 5.74) is 0.603. The molecule has 0 bridgehead atoms. The first-order valence-corrected chi connectivity index (χ1v) is 6.66. The van der Waals surface area contributed by atoms with Gasteiger partial charge in [0.2, 0.25) is 5.91 Å². The van der Waals surface area contributed by atoms with Crippen molar-refractivity contribution in [3.05, 3.63) is 62.7 Å². The van der Waals surface area contributed by atoms with Crippen molar-refractivity contribution < 1.29 is 9.18 Å². The van der Waals surface area contributed by atoms with E-state index in [1.54, 1.807) is 25.2 Å². The third-order valence-electron chi connectivity index (χ3n) is 2.73. The van der Waals surface area contributed by atoms with Gasteiger partial charge < -0.3 is 9.88 Å². The van der Waals surface area contributed by atoms with E-state index in [9.17, 15) is 14.0 Å². The zero-order valence-electron chi connectivity index (χ0n) is 10.7. The lowest BCUT2D eigenvalue weighted by Gasteiger charge is -2.08. The van der Waals surface area contributed by atoms with Crippen molar-refractivity contribution in [2.24, 2.45) is 7.05 Å². The van der Waals surface area contributed by atoms with E-state index in [4.69, 9.17) is 0 Å². The van der Waals surface area contributed by atoms with Crippen molar-refractivity contribution >= 4 is 27.5 Å².